The van der Waals surface area contributed by atoms with Gasteiger partial charge in [0, 0.05) is 29.2 Å². The van der Waals surface area contributed by atoms with Crippen LogP contribution in [-0.4, -0.2) is 28.8 Å². The van der Waals surface area contributed by atoms with Gasteiger partial charge in [0.2, 0.25) is 0 Å². The molecule has 0 bridgehead atoms. The summed E-state index contributed by atoms with van der Waals surface area (Å²) in [5.41, 5.74) is 4.61. The second-order valence-electron chi connectivity index (χ2n) is 9.91. The molecule has 1 aliphatic heterocycles. The molecule has 0 saturated carbocycles. The van der Waals surface area contributed by atoms with Gasteiger partial charge in [-0.1, -0.05) is 65.9 Å². The van der Waals surface area contributed by atoms with E-state index in [1.807, 2.05) is 54.6 Å². The molecule has 0 fully saturated rings. The molecule has 7 nitrogen and oxygen atoms in total. The molecular formula is C33H28BrN3O4S. The van der Waals surface area contributed by atoms with Crippen LogP contribution in [0.4, 0.5) is 0 Å². The van der Waals surface area contributed by atoms with Crippen LogP contribution < -0.4 is 19.6 Å². The third-order valence-corrected chi connectivity index (χ3v) is 8.91. The second kappa shape index (κ2) is 11.6. The van der Waals surface area contributed by atoms with Crippen LogP contribution in [0.3, 0.4) is 0 Å². The van der Waals surface area contributed by atoms with Gasteiger partial charge in [0.15, 0.2) is 4.80 Å². The van der Waals surface area contributed by atoms with Crippen LogP contribution in [0, 0.1) is 0 Å². The van der Waals surface area contributed by atoms with Crippen molar-refractivity contribution in [3.63, 3.8) is 0 Å². The summed E-state index contributed by atoms with van der Waals surface area (Å²) in [6.07, 6.45) is 4.02. The zero-order valence-corrected chi connectivity index (χ0v) is 25.7. The first-order valence-electron chi connectivity index (χ1n) is 13.5. The number of fused-ring (bicyclic) bond motifs is 2. The molecule has 3 heterocycles. The standard InChI is InChI=1S/C33H28BrN3O4S/c1-4-41-32(39)29-20(2)35-33-37(30(29)22-14-15-27(40-3)25(34)16-22)31(38)28(42-33)17-23-19-36(18-21-10-6-5-7-11-21)26-13-9-8-12-24(23)26/h5-17,19,30H,4,18H2,1-3H3/b28-17-/t30-/m1/s1. The molecule has 2 aromatic heterocycles. The molecule has 1 aliphatic rings. The number of carbonyl (C=O) groups is 1. The molecule has 1 atom stereocenters. The van der Waals surface area contributed by atoms with Gasteiger partial charge in [-0.3, -0.25) is 9.36 Å². The Kier molecular flexibility index (Phi) is 7.70. The van der Waals surface area contributed by atoms with Crippen molar-refractivity contribution in [3.05, 3.63) is 131 Å². The van der Waals surface area contributed by atoms with Crippen LogP contribution in [0.1, 0.15) is 36.6 Å². The maximum absolute atomic E-state index is 14.1. The summed E-state index contributed by atoms with van der Waals surface area (Å²) >= 11 is 4.88. The van der Waals surface area contributed by atoms with E-state index in [1.165, 1.54) is 16.9 Å². The van der Waals surface area contributed by atoms with Crippen molar-refractivity contribution in [1.82, 2.24) is 9.13 Å². The normalized spacial score (nSPS) is 15.0. The van der Waals surface area contributed by atoms with Crippen molar-refractivity contribution in [2.75, 3.05) is 13.7 Å². The number of carbonyl (C=O) groups excluding carboxylic acids is 1. The van der Waals surface area contributed by atoms with Gasteiger partial charge >= 0.3 is 5.97 Å². The number of halogens is 1. The first-order valence-corrected chi connectivity index (χ1v) is 15.2. The Balaban J connectivity index is 1.53. The first kappa shape index (κ1) is 27.9. The van der Waals surface area contributed by atoms with E-state index < -0.39 is 12.0 Å². The van der Waals surface area contributed by atoms with Crippen molar-refractivity contribution < 1.29 is 14.3 Å². The lowest BCUT2D eigenvalue weighted by Crippen LogP contribution is -2.39. The van der Waals surface area contributed by atoms with Gasteiger partial charge in [-0.25, -0.2) is 9.79 Å². The smallest absolute Gasteiger partial charge is 0.338 e. The van der Waals surface area contributed by atoms with Crippen LogP contribution in [0.5, 0.6) is 5.75 Å². The minimum Gasteiger partial charge on any atom is -0.496 e. The maximum Gasteiger partial charge on any atom is 0.338 e. The molecular weight excluding hydrogens is 614 g/mol. The second-order valence-corrected chi connectivity index (χ2v) is 11.8. The lowest BCUT2D eigenvalue weighted by molar-refractivity contribution is -0.139. The fourth-order valence-electron chi connectivity index (χ4n) is 5.40. The average molecular weight is 643 g/mol. The number of esters is 1. The van der Waals surface area contributed by atoms with Gasteiger partial charge in [-0.2, -0.15) is 0 Å². The van der Waals surface area contributed by atoms with Crippen molar-refractivity contribution >= 4 is 50.2 Å². The molecule has 3 aromatic carbocycles. The molecule has 0 radical (unpaired) electrons. The van der Waals surface area contributed by atoms with E-state index in [0.717, 1.165) is 22.0 Å². The van der Waals surface area contributed by atoms with Gasteiger partial charge in [-0.05, 0) is 65.2 Å². The monoisotopic (exact) mass is 641 g/mol. The Labute approximate surface area is 254 Å². The number of para-hydroxylation sites is 1. The summed E-state index contributed by atoms with van der Waals surface area (Å²) in [4.78, 5) is 32.6. The number of nitrogens with zero attached hydrogens (tertiary/aromatic N) is 3. The van der Waals surface area contributed by atoms with Crippen molar-refractivity contribution in [2.45, 2.75) is 26.4 Å². The summed E-state index contributed by atoms with van der Waals surface area (Å²) in [5, 5.41) is 1.05. The van der Waals surface area contributed by atoms with Crippen LogP contribution in [0.25, 0.3) is 17.0 Å². The van der Waals surface area contributed by atoms with Crippen LogP contribution >= 0.6 is 27.3 Å². The molecule has 6 rings (SSSR count). The van der Waals surface area contributed by atoms with E-state index in [1.54, 1.807) is 25.5 Å². The highest BCUT2D eigenvalue weighted by Crippen LogP contribution is 2.35. The molecule has 0 saturated heterocycles. The SMILES string of the molecule is CCOC(=O)C1=C(C)N=c2s/c(=C\c3cn(Cc4ccccc4)c4ccccc34)c(=O)n2[C@@H]1c1ccc(OC)c(Br)c1. The van der Waals surface area contributed by atoms with E-state index in [0.29, 0.717) is 37.4 Å². The molecule has 0 N–H and O–H groups in total. The zero-order valence-electron chi connectivity index (χ0n) is 23.3. The van der Waals surface area contributed by atoms with Gasteiger partial charge in [0.25, 0.3) is 5.56 Å². The van der Waals surface area contributed by atoms with E-state index in [4.69, 9.17) is 14.5 Å². The molecule has 0 unspecified atom stereocenters. The lowest BCUT2D eigenvalue weighted by Gasteiger charge is -2.25. The third kappa shape index (κ3) is 5.03. The Hall–Kier alpha value is -4.21. The highest BCUT2D eigenvalue weighted by atomic mass is 79.9. The van der Waals surface area contributed by atoms with Gasteiger partial charge in [0.1, 0.15) is 5.75 Å². The number of methoxy groups -OCH3 is 1. The summed E-state index contributed by atoms with van der Waals surface area (Å²) in [7, 11) is 1.59. The Morgan fingerprint density at radius 1 is 1.10 bits per heavy atom. The fourth-order valence-corrected chi connectivity index (χ4v) is 7.00. The molecule has 212 valence electrons. The molecule has 42 heavy (non-hydrogen) atoms. The number of benzene rings is 3. The Morgan fingerprint density at radius 2 is 1.86 bits per heavy atom. The van der Waals surface area contributed by atoms with E-state index in [9.17, 15) is 9.59 Å². The first-order chi connectivity index (χ1) is 20.4. The van der Waals surface area contributed by atoms with E-state index in [2.05, 4.69) is 51.0 Å². The largest absolute Gasteiger partial charge is 0.496 e. The number of rotatable bonds is 7. The summed E-state index contributed by atoms with van der Waals surface area (Å²) in [5.74, 6) is 0.158. The van der Waals surface area contributed by atoms with Crippen molar-refractivity contribution in [3.8, 4) is 5.75 Å². The minimum absolute atomic E-state index is 0.214. The summed E-state index contributed by atoms with van der Waals surface area (Å²) in [6.45, 7) is 4.47. The van der Waals surface area contributed by atoms with Crippen molar-refractivity contribution in [2.24, 2.45) is 4.99 Å². The lowest BCUT2D eigenvalue weighted by atomic mass is 9.96. The quantitative estimate of drug-likeness (QED) is 0.218. The maximum atomic E-state index is 14.1. The molecule has 9 heteroatoms. The summed E-state index contributed by atoms with van der Waals surface area (Å²) in [6, 6.07) is 23.3. The van der Waals surface area contributed by atoms with E-state index >= 15 is 0 Å². The molecule has 0 spiro atoms. The Morgan fingerprint density at radius 3 is 2.60 bits per heavy atom. The minimum atomic E-state index is -0.705. The number of hydrogen-bond donors (Lipinski definition) is 0. The van der Waals surface area contributed by atoms with Crippen molar-refractivity contribution in [1.29, 1.82) is 0 Å². The molecule has 5 aromatic rings. The van der Waals surface area contributed by atoms with Crippen LogP contribution in [-0.2, 0) is 16.1 Å². The zero-order chi connectivity index (χ0) is 29.4. The fraction of sp³-hybridized carbons (Fsp3) is 0.182. The topological polar surface area (TPSA) is 74.8 Å². The predicted octanol–water partition coefficient (Wildman–Crippen LogP) is 5.57. The number of aromatic nitrogens is 2. The highest BCUT2D eigenvalue weighted by molar-refractivity contribution is 9.10. The van der Waals surface area contributed by atoms with Gasteiger partial charge in [-0.15, -0.1) is 0 Å². The number of thiazole rings is 1. The number of allylic oxidation sites excluding steroid dienone is 1. The van der Waals surface area contributed by atoms with Gasteiger partial charge < -0.3 is 14.0 Å². The van der Waals surface area contributed by atoms with Gasteiger partial charge in [0.05, 0.1) is 40.0 Å². The predicted molar refractivity (Wildman–Crippen MR) is 169 cm³/mol. The van der Waals surface area contributed by atoms with Crippen LogP contribution in [0.15, 0.2) is 105 Å². The van der Waals surface area contributed by atoms with Crippen LogP contribution in [0.2, 0.25) is 0 Å². The van der Waals surface area contributed by atoms with E-state index in [-0.39, 0.29) is 12.2 Å². The number of hydrogen-bond acceptors (Lipinski definition) is 6. The molecule has 0 aliphatic carbocycles. The number of ether oxygens (including phenoxy) is 2. The third-order valence-electron chi connectivity index (χ3n) is 7.31. The highest BCUT2D eigenvalue weighted by Gasteiger charge is 2.33. The molecule has 0 amide bonds. The Bertz CT molecular complexity index is 2040. The summed E-state index contributed by atoms with van der Waals surface area (Å²) < 4.78 is 15.9. The average Bonchev–Trinajstić information content (AvgIpc) is 3.49.